The van der Waals surface area contributed by atoms with Crippen LogP contribution in [0.3, 0.4) is 0 Å². The molecule has 3 aliphatic rings. The molecule has 1 fully saturated rings. The van der Waals surface area contributed by atoms with Gasteiger partial charge in [0.1, 0.15) is 23.0 Å². The quantitative estimate of drug-likeness (QED) is 0.515. The molecule has 1 aromatic carbocycles. The second-order valence-corrected chi connectivity index (χ2v) is 8.74. The largest absolute Gasteiger partial charge is 0.507 e. The van der Waals surface area contributed by atoms with Crippen LogP contribution in [0.25, 0.3) is 5.76 Å². The van der Waals surface area contributed by atoms with Gasteiger partial charge in [0, 0.05) is 39.5 Å². The van der Waals surface area contributed by atoms with Crippen molar-refractivity contribution in [2.24, 2.45) is 17.6 Å². The number of anilines is 1. The predicted octanol–water partition coefficient (Wildman–Crippen LogP) is 1.25. The molecule has 5 N–H and O–H groups in total. The van der Waals surface area contributed by atoms with Crippen LogP contribution in [0.2, 0.25) is 0 Å². The first kappa shape index (κ1) is 21.5. The molecule has 3 aliphatic carbocycles. The van der Waals surface area contributed by atoms with E-state index in [9.17, 15) is 29.7 Å². The van der Waals surface area contributed by atoms with Crippen molar-refractivity contribution in [2.45, 2.75) is 12.8 Å². The fourth-order valence-corrected chi connectivity index (χ4v) is 5.15. The fourth-order valence-electron chi connectivity index (χ4n) is 5.15. The molecular weight excluding hydrogens is 414 g/mol. The first-order valence-corrected chi connectivity index (χ1v) is 10.1. The summed E-state index contributed by atoms with van der Waals surface area (Å²) in [7, 11) is 6.95. The molecule has 4 rings (SSSR count). The smallest absolute Gasteiger partial charge is 0.256 e. The number of likely N-dealkylation sites (N-methyl/N-ethyl adjacent to an activating group) is 1. The van der Waals surface area contributed by atoms with Crippen LogP contribution in [0, 0.1) is 11.8 Å². The van der Waals surface area contributed by atoms with Gasteiger partial charge in [0.2, 0.25) is 0 Å². The highest BCUT2D eigenvalue weighted by atomic mass is 16.3. The summed E-state index contributed by atoms with van der Waals surface area (Å²) in [4.78, 5) is 41.4. The van der Waals surface area contributed by atoms with Gasteiger partial charge in [0.15, 0.2) is 17.3 Å². The average molecular weight is 439 g/mol. The molecule has 0 saturated heterocycles. The summed E-state index contributed by atoms with van der Waals surface area (Å²) in [5.74, 6) is -5.11. The normalized spacial score (nSPS) is 21.9. The lowest BCUT2D eigenvalue weighted by atomic mass is 9.65. The molecule has 0 aliphatic heterocycles. The summed E-state index contributed by atoms with van der Waals surface area (Å²) < 4.78 is 0. The molecular formula is C23H25N3O6. The Morgan fingerprint density at radius 3 is 2.22 bits per heavy atom. The summed E-state index contributed by atoms with van der Waals surface area (Å²) in [5.41, 5.74) is 6.86. The van der Waals surface area contributed by atoms with E-state index in [2.05, 4.69) is 0 Å². The Morgan fingerprint density at radius 2 is 1.66 bits per heavy atom. The molecule has 0 aromatic heterocycles. The first-order valence-electron chi connectivity index (χ1n) is 10.1. The number of allylic oxidation sites excluding steroid dienone is 4. The number of aromatic hydroxyl groups is 2. The van der Waals surface area contributed by atoms with Gasteiger partial charge in [-0.05, 0) is 42.0 Å². The number of nitrogens with zero attached hydrogens (tertiary/aromatic N) is 2. The van der Waals surface area contributed by atoms with Gasteiger partial charge in [-0.15, -0.1) is 0 Å². The maximum absolute atomic E-state index is 13.5. The van der Waals surface area contributed by atoms with Gasteiger partial charge >= 0.3 is 0 Å². The Kier molecular flexibility index (Phi) is 4.80. The minimum absolute atomic E-state index is 0.0501. The third-order valence-corrected chi connectivity index (χ3v) is 6.41. The fraction of sp³-hybridized carbons (Fsp3) is 0.348. The Bertz CT molecular complexity index is 1190. The molecule has 0 spiro atoms. The monoisotopic (exact) mass is 439 g/mol. The van der Waals surface area contributed by atoms with E-state index >= 15 is 0 Å². The van der Waals surface area contributed by atoms with Gasteiger partial charge in [-0.1, -0.05) is 0 Å². The second-order valence-electron chi connectivity index (χ2n) is 8.74. The van der Waals surface area contributed by atoms with Gasteiger partial charge in [-0.2, -0.15) is 0 Å². The van der Waals surface area contributed by atoms with Gasteiger partial charge < -0.3 is 30.9 Å². The molecule has 0 heterocycles. The minimum atomic E-state index is -1.07. The third kappa shape index (κ3) is 2.80. The lowest BCUT2D eigenvalue weighted by molar-refractivity contribution is -0.127. The van der Waals surface area contributed by atoms with Gasteiger partial charge in [0.25, 0.3) is 5.91 Å². The van der Waals surface area contributed by atoms with E-state index in [1.165, 1.54) is 6.08 Å². The topological polar surface area (TPSA) is 144 Å². The van der Waals surface area contributed by atoms with E-state index in [0.717, 1.165) is 5.70 Å². The number of hydrogen-bond donors (Lipinski definition) is 4. The Balaban J connectivity index is 2.01. The van der Waals surface area contributed by atoms with Gasteiger partial charge in [0.05, 0.1) is 11.3 Å². The number of amides is 1. The van der Waals surface area contributed by atoms with E-state index in [4.69, 9.17) is 5.73 Å². The summed E-state index contributed by atoms with van der Waals surface area (Å²) in [6.07, 6.45) is 3.61. The van der Waals surface area contributed by atoms with Crippen LogP contribution in [-0.4, -0.2) is 65.9 Å². The highest BCUT2D eigenvalue weighted by Gasteiger charge is 2.47. The Morgan fingerprint density at radius 1 is 1.00 bits per heavy atom. The number of hydrogen-bond acceptors (Lipinski definition) is 8. The van der Waals surface area contributed by atoms with Gasteiger partial charge in [-0.25, -0.2) is 0 Å². The van der Waals surface area contributed by atoms with Crippen molar-refractivity contribution in [3.8, 4) is 11.5 Å². The number of Topliss-reactive ketones (excluding diaryl/α,β-unsaturated/α-hetero) is 1. The molecule has 9 heteroatoms. The SMILES string of the molecule is CN(C)C1=C2C[C@H]3Cc4c(c(O)c(C(N)=O)c(O)c4N(C)C)C(O)=C3C(=O)C2C(=O)C=C1. The number of phenols is 2. The maximum Gasteiger partial charge on any atom is 0.256 e. The van der Waals surface area contributed by atoms with E-state index in [-0.39, 0.29) is 29.0 Å². The molecule has 32 heavy (non-hydrogen) atoms. The van der Waals surface area contributed by atoms with Crippen molar-refractivity contribution in [3.05, 3.63) is 45.7 Å². The number of rotatable bonds is 3. The van der Waals surface area contributed by atoms with Crippen LogP contribution < -0.4 is 10.6 Å². The molecule has 1 amide bonds. The second kappa shape index (κ2) is 7.15. The number of primary amides is 1. The van der Waals surface area contributed by atoms with Crippen molar-refractivity contribution in [2.75, 3.05) is 33.1 Å². The molecule has 0 bridgehead atoms. The standard InChI is InChI=1S/C23H25N3O6/c1-25(2)12-5-6-13(27)15-10(12)7-9-8-11-16(20(29)14(9)19(15)28)21(30)17(23(24)32)22(31)18(11)26(3)4/h5-6,9,15,29-31H,7-8H2,1-4H3,(H2,24,32)/t9-,15?/m0/s1. The number of nitrogens with two attached hydrogens (primary N) is 1. The van der Waals surface area contributed by atoms with E-state index in [1.807, 2.05) is 19.0 Å². The van der Waals surface area contributed by atoms with Crippen LogP contribution in [-0.2, 0) is 16.0 Å². The molecule has 9 nitrogen and oxygen atoms in total. The van der Waals surface area contributed by atoms with Crippen LogP contribution >= 0.6 is 0 Å². The minimum Gasteiger partial charge on any atom is -0.507 e. The van der Waals surface area contributed by atoms with Crippen molar-refractivity contribution in [3.63, 3.8) is 0 Å². The van der Waals surface area contributed by atoms with Crippen LogP contribution in [0.1, 0.15) is 27.9 Å². The summed E-state index contributed by atoms with van der Waals surface area (Å²) in [6.45, 7) is 0. The van der Waals surface area contributed by atoms with E-state index in [0.29, 0.717) is 17.6 Å². The molecule has 168 valence electrons. The Hall–Kier alpha value is -3.75. The van der Waals surface area contributed by atoms with Crippen LogP contribution in [0.5, 0.6) is 11.5 Å². The average Bonchev–Trinajstić information content (AvgIpc) is 2.66. The van der Waals surface area contributed by atoms with Crippen LogP contribution in [0.15, 0.2) is 29.0 Å². The number of aliphatic hydroxyl groups excluding tert-OH is 1. The molecule has 1 saturated carbocycles. The highest BCUT2D eigenvalue weighted by molar-refractivity contribution is 6.20. The number of benzene rings is 1. The third-order valence-electron chi connectivity index (χ3n) is 6.41. The van der Waals surface area contributed by atoms with E-state index < -0.39 is 46.3 Å². The highest BCUT2D eigenvalue weighted by Crippen LogP contribution is 2.53. The lowest BCUT2D eigenvalue weighted by Crippen LogP contribution is -2.40. The van der Waals surface area contributed by atoms with Crippen molar-refractivity contribution in [1.29, 1.82) is 0 Å². The van der Waals surface area contributed by atoms with Crippen LogP contribution in [0.4, 0.5) is 5.69 Å². The molecule has 1 aromatic rings. The number of ketones is 2. The zero-order chi connectivity index (χ0) is 23.6. The molecule has 1 unspecified atom stereocenters. The number of fused-ring (bicyclic) bond motifs is 3. The van der Waals surface area contributed by atoms with Crippen molar-refractivity contribution >= 4 is 28.9 Å². The Labute approximate surface area is 184 Å². The number of aliphatic hydroxyl groups is 1. The van der Waals surface area contributed by atoms with Crippen molar-refractivity contribution < 1.29 is 29.7 Å². The zero-order valence-corrected chi connectivity index (χ0v) is 18.3. The predicted molar refractivity (Wildman–Crippen MR) is 117 cm³/mol. The van der Waals surface area contributed by atoms with Crippen molar-refractivity contribution in [1.82, 2.24) is 4.90 Å². The molecule has 2 atom stereocenters. The first-order chi connectivity index (χ1) is 15.0. The number of carbonyl (C=O) groups is 3. The lowest BCUT2D eigenvalue weighted by Gasteiger charge is -2.39. The zero-order valence-electron chi connectivity index (χ0n) is 18.3. The van der Waals surface area contributed by atoms with E-state index in [1.54, 1.807) is 25.1 Å². The van der Waals surface area contributed by atoms with Gasteiger partial charge in [-0.3, -0.25) is 14.4 Å². The maximum atomic E-state index is 13.5. The summed E-state index contributed by atoms with van der Waals surface area (Å²) in [5, 5.41) is 32.6. The summed E-state index contributed by atoms with van der Waals surface area (Å²) >= 11 is 0. The number of carbonyl (C=O) groups excluding carboxylic acids is 3. The molecule has 0 radical (unpaired) electrons. The summed E-state index contributed by atoms with van der Waals surface area (Å²) in [6, 6.07) is 0.